The second kappa shape index (κ2) is 7.34. The summed E-state index contributed by atoms with van der Waals surface area (Å²) < 4.78 is 58.7. The van der Waals surface area contributed by atoms with Crippen LogP contribution in [0, 0.1) is 5.82 Å². The third kappa shape index (κ3) is 4.08. The fraction of sp³-hybridized carbons (Fsp3) is 0.111. The molecule has 0 atom stereocenters. The van der Waals surface area contributed by atoms with Gasteiger partial charge in [-0.05, 0) is 29.8 Å². The first-order valence-corrected chi connectivity index (χ1v) is 8.28. The van der Waals surface area contributed by atoms with E-state index in [0.29, 0.717) is 11.3 Å². The average Bonchev–Trinajstić information content (AvgIpc) is 3.17. The zero-order chi connectivity index (χ0) is 20.4. The number of aromatic nitrogens is 5. The minimum Gasteiger partial charge on any atom is -0.453 e. The van der Waals surface area contributed by atoms with E-state index >= 15 is 0 Å². The normalized spacial score (nSPS) is 11.6. The highest BCUT2D eigenvalue weighted by Crippen LogP contribution is 2.30. The Morgan fingerprint density at radius 1 is 1.14 bits per heavy atom. The maximum atomic E-state index is 14.3. The molecule has 148 valence electrons. The van der Waals surface area contributed by atoms with Crippen molar-refractivity contribution in [3.63, 3.8) is 0 Å². The molecule has 4 aromatic rings. The number of anilines is 1. The smallest absolute Gasteiger partial charge is 0.451 e. The molecule has 0 bridgehead atoms. The summed E-state index contributed by atoms with van der Waals surface area (Å²) in [7, 11) is 0. The quantitative estimate of drug-likeness (QED) is 0.482. The van der Waals surface area contributed by atoms with Gasteiger partial charge in [-0.1, -0.05) is 6.07 Å². The van der Waals surface area contributed by atoms with Gasteiger partial charge in [-0.3, -0.25) is 4.98 Å². The molecular formula is C18H12F4N6O. The van der Waals surface area contributed by atoms with Crippen LogP contribution in [0.2, 0.25) is 0 Å². The number of ether oxygens (including phenoxy) is 1. The molecule has 29 heavy (non-hydrogen) atoms. The lowest BCUT2D eigenvalue weighted by Gasteiger charge is -2.11. The summed E-state index contributed by atoms with van der Waals surface area (Å²) >= 11 is 0. The summed E-state index contributed by atoms with van der Waals surface area (Å²) in [6, 6.07) is 7.50. The van der Waals surface area contributed by atoms with Crippen LogP contribution in [-0.2, 0) is 12.7 Å². The van der Waals surface area contributed by atoms with Crippen molar-refractivity contribution in [3.8, 4) is 11.5 Å². The van der Waals surface area contributed by atoms with E-state index in [9.17, 15) is 17.6 Å². The predicted octanol–water partition coefficient (Wildman–Crippen LogP) is 4.31. The van der Waals surface area contributed by atoms with Crippen LogP contribution >= 0.6 is 0 Å². The summed E-state index contributed by atoms with van der Waals surface area (Å²) in [5.41, 5.74) is 0.567. The van der Waals surface area contributed by atoms with Crippen LogP contribution in [0.25, 0.3) is 11.2 Å². The van der Waals surface area contributed by atoms with Crippen molar-refractivity contribution in [1.82, 2.24) is 24.9 Å². The van der Waals surface area contributed by atoms with Crippen LogP contribution in [0.3, 0.4) is 0 Å². The zero-order valence-corrected chi connectivity index (χ0v) is 14.5. The van der Waals surface area contributed by atoms with Gasteiger partial charge in [-0.25, -0.2) is 19.3 Å². The van der Waals surface area contributed by atoms with E-state index < -0.39 is 17.8 Å². The third-order valence-corrected chi connectivity index (χ3v) is 3.86. The van der Waals surface area contributed by atoms with Crippen molar-refractivity contribution in [1.29, 1.82) is 0 Å². The summed E-state index contributed by atoms with van der Waals surface area (Å²) in [6.07, 6.45) is -0.500. The number of halogens is 4. The van der Waals surface area contributed by atoms with Crippen molar-refractivity contribution in [2.24, 2.45) is 0 Å². The number of nitrogens with zero attached hydrogens (tertiary/aromatic N) is 4. The summed E-state index contributed by atoms with van der Waals surface area (Å²) in [4.78, 5) is 17.2. The van der Waals surface area contributed by atoms with Crippen LogP contribution in [0.5, 0.6) is 11.5 Å². The molecule has 0 saturated heterocycles. The Morgan fingerprint density at radius 2 is 2.00 bits per heavy atom. The van der Waals surface area contributed by atoms with Crippen molar-refractivity contribution >= 4 is 17.0 Å². The number of hydrogen-bond acceptors (Lipinski definition) is 6. The Kier molecular flexibility index (Phi) is 4.71. The number of alkyl halides is 3. The van der Waals surface area contributed by atoms with E-state index in [-0.39, 0.29) is 29.3 Å². The number of pyridine rings is 1. The number of rotatable bonds is 5. The third-order valence-electron chi connectivity index (χ3n) is 3.86. The number of imidazole rings is 1. The van der Waals surface area contributed by atoms with Gasteiger partial charge >= 0.3 is 6.18 Å². The lowest BCUT2D eigenvalue weighted by molar-refractivity contribution is -0.144. The van der Waals surface area contributed by atoms with E-state index in [1.165, 1.54) is 24.7 Å². The molecule has 0 amide bonds. The van der Waals surface area contributed by atoms with Gasteiger partial charge in [0.2, 0.25) is 5.82 Å². The molecule has 7 nitrogen and oxygen atoms in total. The number of aromatic amines is 1. The molecule has 2 N–H and O–H groups in total. The van der Waals surface area contributed by atoms with Crippen LogP contribution in [0.15, 0.2) is 49.1 Å². The standard InChI is InChI=1S/C18H12F4N6O/c19-12-6-10(3-4-13(12)29-11-2-1-5-23-8-11)7-24-15-14-16(26-9-25-14)28-17(27-15)18(20,21)22/h1-6,8-9H,7H2,(H2,24,25,26,27,28). The topological polar surface area (TPSA) is 88.6 Å². The zero-order valence-electron chi connectivity index (χ0n) is 14.5. The minimum atomic E-state index is -4.72. The van der Waals surface area contributed by atoms with Gasteiger partial charge in [0.1, 0.15) is 11.3 Å². The van der Waals surface area contributed by atoms with Crippen molar-refractivity contribution in [2.75, 3.05) is 5.32 Å². The molecule has 1 aromatic carbocycles. The molecule has 0 spiro atoms. The lowest BCUT2D eigenvalue weighted by atomic mass is 10.2. The SMILES string of the molecule is Fc1cc(CNc2nc(C(F)(F)F)nc3nc[nH]c23)ccc1Oc1cccnc1. The molecule has 0 saturated carbocycles. The number of benzene rings is 1. The van der Waals surface area contributed by atoms with E-state index in [1.807, 2.05) is 0 Å². The number of nitrogens with one attached hydrogen (secondary N) is 2. The van der Waals surface area contributed by atoms with Crippen molar-refractivity contribution in [2.45, 2.75) is 12.7 Å². The van der Waals surface area contributed by atoms with Crippen molar-refractivity contribution in [3.05, 3.63) is 66.3 Å². The molecule has 0 radical (unpaired) electrons. The van der Waals surface area contributed by atoms with Crippen LogP contribution < -0.4 is 10.1 Å². The Labute approximate surface area is 160 Å². The molecule has 0 aliphatic rings. The predicted molar refractivity (Wildman–Crippen MR) is 94.7 cm³/mol. The molecule has 3 heterocycles. The van der Waals surface area contributed by atoms with E-state index in [0.717, 1.165) is 0 Å². The van der Waals surface area contributed by atoms with Gasteiger partial charge in [0.25, 0.3) is 0 Å². The number of hydrogen-bond donors (Lipinski definition) is 2. The average molecular weight is 404 g/mol. The van der Waals surface area contributed by atoms with Crippen LogP contribution in [0.4, 0.5) is 23.4 Å². The highest BCUT2D eigenvalue weighted by molar-refractivity contribution is 5.82. The maximum absolute atomic E-state index is 14.3. The Hall–Kier alpha value is -3.76. The van der Waals surface area contributed by atoms with Gasteiger partial charge in [-0.15, -0.1) is 0 Å². The fourth-order valence-corrected chi connectivity index (χ4v) is 2.55. The summed E-state index contributed by atoms with van der Waals surface area (Å²) in [6.45, 7) is 0.0204. The Morgan fingerprint density at radius 3 is 2.72 bits per heavy atom. The van der Waals surface area contributed by atoms with Crippen molar-refractivity contribution < 1.29 is 22.3 Å². The molecule has 0 aliphatic carbocycles. The monoisotopic (exact) mass is 404 g/mol. The minimum absolute atomic E-state index is 0.000831. The maximum Gasteiger partial charge on any atom is 0.451 e. The highest BCUT2D eigenvalue weighted by atomic mass is 19.4. The highest BCUT2D eigenvalue weighted by Gasteiger charge is 2.36. The van der Waals surface area contributed by atoms with E-state index in [4.69, 9.17) is 4.74 Å². The Bertz CT molecular complexity index is 1150. The molecular weight excluding hydrogens is 392 g/mol. The molecule has 0 aliphatic heterocycles. The second-order valence-corrected chi connectivity index (χ2v) is 5.90. The molecule has 3 aromatic heterocycles. The Balaban J connectivity index is 1.53. The number of H-pyrrole nitrogens is 1. The van der Waals surface area contributed by atoms with Gasteiger partial charge in [0.05, 0.1) is 12.5 Å². The van der Waals surface area contributed by atoms with Gasteiger partial charge < -0.3 is 15.0 Å². The first-order chi connectivity index (χ1) is 13.9. The van der Waals surface area contributed by atoms with Crippen LogP contribution in [0.1, 0.15) is 11.4 Å². The van der Waals surface area contributed by atoms with Gasteiger partial charge in [0, 0.05) is 12.7 Å². The second-order valence-electron chi connectivity index (χ2n) is 5.90. The van der Waals surface area contributed by atoms with Gasteiger partial charge in [-0.2, -0.15) is 13.2 Å². The van der Waals surface area contributed by atoms with E-state index in [1.54, 1.807) is 24.4 Å². The molecule has 4 rings (SSSR count). The largest absolute Gasteiger partial charge is 0.453 e. The van der Waals surface area contributed by atoms with E-state index in [2.05, 4.69) is 30.2 Å². The molecule has 11 heteroatoms. The first-order valence-electron chi connectivity index (χ1n) is 8.28. The summed E-state index contributed by atoms with van der Waals surface area (Å²) in [5.74, 6) is -1.65. The van der Waals surface area contributed by atoms with Crippen LogP contribution in [-0.4, -0.2) is 24.9 Å². The summed E-state index contributed by atoms with van der Waals surface area (Å²) in [5, 5.41) is 2.76. The molecule has 0 unspecified atom stereocenters. The fourth-order valence-electron chi connectivity index (χ4n) is 2.55. The van der Waals surface area contributed by atoms with Gasteiger partial charge in [0.15, 0.2) is 23.0 Å². The first kappa shape index (κ1) is 18.6. The molecule has 0 fully saturated rings. The number of fused-ring (bicyclic) bond motifs is 1. The lowest BCUT2D eigenvalue weighted by Crippen LogP contribution is -2.13.